The number of para-hydroxylation sites is 2. The Morgan fingerprint density at radius 1 is 0.750 bits per heavy atom. The molecule has 1 heterocycles. The summed E-state index contributed by atoms with van der Waals surface area (Å²) in [5.74, 6) is 0. The highest BCUT2D eigenvalue weighted by Crippen LogP contribution is 2.44. The second-order valence-electron chi connectivity index (χ2n) is 8.07. The van der Waals surface area contributed by atoms with Crippen LogP contribution in [0.3, 0.4) is 0 Å². The fourth-order valence-electron chi connectivity index (χ4n) is 4.27. The first-order chi connectivity index (χ1) is 15.6. The van der Waals surface area contributed by atoms with Crippen molar-refractivity contribution in [3.63, 3.8) is 0 Å². The number of fused-ring (bicyclic) bond motifs is 3. The molecule has 4 aromatic carbocycles. The van der Waals surface area contributed by atoms with Crippen LogP contribution in [0.15, 0.2) is 108 Å². The van der Waals surface area contributed by atoms with E-state index >= 15 is 0 Å². The lowest BCUT2D eigenvalue weighted by Crippen LogP contribution is -2.36. The molecule has 5 aromatic rings. The molecule has 5 rings (SSSR count). The molecule has 0 radical (unpaired) electrons. The normalized spacial score (nSPS) is 14.6. The van der Waals surface area contributed by atoms with Crippen LogP contribution in [0, 0.1) is 0 Å². The zero-order chi connectivity index (χ0) is 22.1. The van der Waals surface area contributed by atoms with Gasteiger partial charge in [-0.2, -0.15) is 0 Å². The lowest BCUT2D eigenvalue weighted by atomic mass is 10.0. The number of hydrogen-bond acceptors (Lipinski definition) is 3. The minimum atomic E-state index is -0.931. The molecule has 1 N–H and O–H groups in total. The zero-order valence-electron chi connectivity index (χ0n) is 18.2. The summed E-state index contributed by atoms with van der Waals surface area (Å²) in [5.41, 5.74) is 2.76. The standard InChI is InChI=1S/C28H26NO2P/c1-20(27(30)21-12-5-3-6-13-21)29(2)32(22-14-7-4-8-15-22)26-19-11-17-24-23-16-9-10-18-25(23)31-28(24)26/h3-20,27,30H,1-2H3/t20-,27?,32-/m0/s1. The summed E-state index contributed by atoms with van der Waals surface area (Å²) in [5, 5.41) is 15.8. The Kier molecular flexibility index (Phi) is 5.80. The van der Waals surface area contributed by atoms with E-state index in [4.69, 9.17) is 4.42 Å². The van der Waals surface area contributed by atoms with Crippen molar-refractivity contribution in [2.24, 2.45) is 0 Å². The fraction of sp³-hybridized carbons (Fsp3) is 0.143. The number of hydrogen-bond donors (Lipinski definition) is 1. The van der Waals surface area contributed by atoms with Gasteiger partial charge in [-0.15, -0.1) is 0 Å². The number of likely N-dealkylation sites (N-methyl/N-ethyl adjacent to an activating group) is 1. The molecular weight excluding hydrogens is 413 g/mol. The van der Waals surface area contributed by atoms with E-state index in [1.807, 2.05) is 54.6 Å². The van der Waals surface area contributed by atoms with Gasteiger partial charge in [-0.05, 0) is 37.0 Å². The Hall–Kier alpha value is -2.97. The second kappa shape index (κ2) is 8.88. The maximum absolute atomic E-state index is 11.2. The molecule has 0 aliphatic carbocycles. The summed E-state index contributed by atoms with van der Waals surface area (Å²) in [6.07, 6.45) is -0.593. The van der Waals surface area contributed by atoms with Gasteiger partial charge < -0.3 is 9.52 Å². The first-order valence-electron chi connectivity index (χ1n) is 10.9. The molecule has 0 bridgehead atoms. The van der Waals surface area contributed by atoms with Crippen LogP contribution in [0.4, 0.5) is 0 Å². The van der Waals surface area contributed by atoms with Crippen LogP contribution in [-0.4, -0.2) is 22.9 Å². The molecule has 0 amide bonds. The van der Waals surface area contributed by atoms with Crippen molar-refractivity contribution in [1.29, 1.82) is 0 Å². The van der Waals surface area contributed by atoms with E-state index in [1.54, 1.807) is 0 Å². The summed E-state index contributed by atoms with van der Waals surface area (Å²) in [6, 6.07) is 35.0. The average molecular weight is 439 g/mol. The zero-order valence-corrected chi connectivity index (χ0v) is 19.1. The summed E-state index contributed by atoms with van der Waals surface area (Å²) in [7, 11) is 1.18. The van der Waals surface area contributed by atoms with Crippen molar-refractivity contribution in [3.8, 4) is 0 Å². The van der Waals surface area contributed by atoms with Gasteiger partial charge in [-0.3, -0.25) is 4.67 Å². The number of furan rings is 1. The van der Waals surface area contributed by atoms with Gasteiger partial charge in [0, 0.05) is 30.2 Å². The molecule has 32 heavy (non-hydrogen) atoms. The minimum Gasteiger partial charge on any atom is -0.455 e. The smallest absolute Gasteiger partial charge is 0.144 e. The third kappa shape index (κ3) is 3.73. The number of aliphatic hydroxyl groups excluding tert-OH is 1. The van der Waals surface area contributed by atoms with E-state index in [0.29, 0.717) is 0 Å². The van der Waals surface area contributed by atoms with Crippen molar-refractivity contribution >= 4 is 40.6 Å². The summed E-state index contributed by atoms with van der Waals surface area (Å²) in [6.45, 7) is 2.09. The van der Waals surface area contributed by atoms with Gasteiger partial charge in [0.2, 0.25) is 0 Å². The topological polar surface area (TPSA) is 36.6 Å². The molecule has 0 spiro atoms. The van der Waals surface area contributed by atoms with Crippen LogP contribution in [0.25, 0.3) is 21.9 Å². The highest BCUT2D eigenvalue weighted by Gasteiger charge is 2.30. The lowest BCUT2D eigenvalue weighted by Gasteiger charge is -2.36. The quantitative estimate of drug-likeness (QED) is 0.330. The molecule has 4 heteroatoms. The second-order valence-corrected chi connectivity index (χ2v) is 10.3. The number of aliphatic hydroxyl groups is 1. The van der Waals surface area contributed by atoms with Crippen molar-refractivity contribution in [3.05, 3.63) is 109 Å². The number of rotatable bonds is 6. The van der Waals surface area contributed by atoms with E-state index in [0.717, 1.165) is 32.8 Å². The predicted molar refractivity (Wildman–Crippen MR) is 135 cm³/mol. The molecule has 0 fully saturated rings. The first-order valence-corrected chi connectivity index (χ1v) is 12.2. The molecular formula is C28H26NO2P. The third-order valence-corrected chi connectivity index (χ3v) is 8.71. The Balaban J connectivity index is 1.64. The van der Waals surface area contributed by atoms with E-state index in [2.05, 4.69) is 67.2 Å². The fourth-order valence-corrected chi connectivity index (χ4v) is 6.79. The third-order valence-electron chi connectivity index (χ3n) is 6.12. The van der Waals surface area contributed by atoms with Crippen LogP contribution in [0.1, 0.15) is 18.6 Å². The van der Waals surface area contributed by atoms with Gasteiger partial charge in [-0.1, -0.05) is 91.0 Å². The average Bonchev–Trinajstić information content (AvgIpc) is 3.24. The molecule has 3 atom stereocenters. The highest BCUT2D eigenvalue weighted by atomic mass is 31.1. The molecule has 160 valence electrons. The van der Waals surface area contributed by atoms with Gasteiger partial charge in [0.1, 0.15) is 11.2 Å². The largest absolute Gasteiger partial charge is 0.455 e. The summed E-state index contributed by atoms with van der Waals surface area (Å²) in [4.78, 5) is 0. The first kappa shape index (κ1) is 20.9. The molecule has 0 saturated heterocycles. The number of nitrogens with zero attached hydrogens (tertiary/aromatic N) is 1. The van der Waals surface area contributed by atoms with Crippen molar-refractivity contribution < 1.29 is 9.52 Å². The SMILES string of the molecule is C[C@@H](C(O)c1ccccc1)N(C)[P@@](c1ccccc1)c1cccc2c1oc1ccccc12. The maximum Gasteiger partial charge on any atom is 0.144 e. The predicted octanol–water partition coefficient (Wildman–Crippen LogP) is 5.99. The molecule has 0 aliphatic heterocycles. The van der Waals surface area contributed by atoms with Crippen LogP contribution in [0.2, 0.25) is 0 Å². The van der Waals surface area contributed by atoms with Gasteiger partial charge in [-0.25, -0.2) is 0 Å². The van der Waals surface area contributed by atoms with Crippen LogP contribution < -0.4 is 10.6 Å². The Morgan fingerprint density at radius 3 is 2.12 bits per heavy atom. The van der Waals surface area contributed by atoms with E-state index < -0.39 is 14.2 Å². The Labute approximate surface area is 189 Å². The molecule has 0 aliphatic rings. The van der Waals surface area contributed by atoms with Gasteiger partial charge in [0.05, 0.1) is 6.10 Å². The van der Waals surface area contributed by atoms with Crippen molar-refractivity contribution in [2.45, 2.75) is 19.1 Å². The van der Waals surface area contributed by atoms with Crippen LogP contribution in [0.5, 0.6) is 0 Å². The number of benzene rings is 4. The molecule has 3 nitrogen and oxygen atoms in total. The molecule has 0 saturated carbocycles. The Bertz CT molecular complexity index is 1330. The maximum atomic E-state index is 11.2. The molecule has 1 aromatic heterocycles. The van der Waals surface area contributed by atoms with Crippen molar-refractivity contribution in [1.82, 2.24) is 4.67 Å². The van der Waals surface area contributed by atoms with E-state index in [1.165, 1.54) is 5.30 Å². The van der Waals surface area contributed by atoms with E-state index in [9.17, 15) is 5.11 Å². The van der Waals surface area contributed by atoms with Crippen molar-refractivity contribution in [2.75, 3.05) is 7.05 Å². The van der Waals surface area contributed by atoms with Crippen LogP contribution in [-0.2, 0) is 0 Å². The summed E-state index contributed by atoms with van der Waals surface area (Å²) >= 11 is 0. The monoisotopic (exact) mass is 439 g/mol. The minimum absolute atomic E-state index is 0.0941. The molecule has 1 unspecified atom stereocenters. The Morgan fingerprint density at radius 2 is 1.38 bits per heavy atom. The highest BCUT2D eigenvalue weighted by molar-refractivity contribution is 7.71. The van der Waals surface area contributed by atoms with Crippen LogP contribution >= 0.6 is 8.07 Å². The lowest BCUT2D eigenvalue weighted by molar-refractivity contribution is 0.111. The van der Waals surface area contributed by atoms with Gasteiger partial charge in [0.25, 0.3) is 0 Å². The van der Waals surface area contributed by atoms with Gasteiger partial charge in [0.15, 0.2) is 0 Å². The summed E-state index contributed by atoms with van der Waals surface area (Å²) < 4.78 is 8.70. The van der Waals surface area contributed by atoms with E-state index in [-0.39, 0.29) is 6.04 Å². The van der Waals surface area contributed by atoms with Gasteiger partial charge >= 0.3 is 0 Å².